The number of fused-ring (bicyclic) bond motifs is 1. The van der Waals surface area contributed by atoms with E-state index in [1.54, 1.807) is 12.3 Å². The van der Waals surface area contributed by atoms with Gasteiger partial charge in [0.15, 0.2) is 6.23 Å². The van der Waals surface area contributed by atoms with Crippen molar-refractivity contribution >= 4 is 16.7 Å². The molecule has 0 spiro atoms. The van der Waals surface area contributed by atoms with Gasteiger partial charge in [-0.05, 0) is 6.07 Å². The number of aliphatic hydroxyl groups is 3. The molecular formula is C14H15N3O4. The number of rotatable bonds is 2. The van der Waals surface area contributed by atoms with Gasteiger partial charge in [0.05, 0.1) is 17.6 Å². The van der Waals surface area contributed by atoms with Crippen molar-refractivity contribution in [1.82, 2.24) is 9.55 Å². The van der Waals surface area contributed by atoms with Crippen molar-refractivity contribution in [2.45, 2.75) is 24.5 Å². The number of nitrogen functional groups attached to an aromatic ring is 1. The summed E-state index contributed by atoms with van der Waals surface area (Å²) in [7, 11) is 0. The maximum Gasteiger partial charge on any atom is 0.164 e. The molecule has 5 N–H and O–H groups in total. The summed E-state index contributed by atoms with van der Waals surface area (Å²) >= 11 is 0. The first-order valence-corrected chi connectivity index (χ1v) is 6.42. The maximum atomic E-state index is 10.1. The quantitative estimate of drug-likeness (QED) is 0.539. The van der Waals surface area contributed by atoms with E-state index in [4.69, 9.17) is 22.0 Å². The van der Waals surface area contributed by atoms with Gasteiger partial charge in [-0.25, -0.2) is 4.98 Å². The summed E-state index contributed by atoms with van der Waals surface area (Å²) in [4.78, 5) is 4.22. The fraction of sp³-hybridized carbons (Fsp3) is 0.357. The third-order valence-electron chi connectivity index (χ3n) is 3.69. The normalized spacial score (nSPS) is 28.9. The van der Waals surface area contributed by atoms with Crippen LogP contribution in [0.25, 0.3) is 11.0 Å². The highest BCUT2D eigenvalue weighted by atomic mass is 16.6. The van der Waals surface area contributed by atoms with Gasteiger partial charge in [0.1, 0.15) is 24.0 Å². The predicted molar refractivity (Wildman–Crippen MR) is 75.1 cm³/mol. The van der Waals surface area contributed by atoms with Crippen molar-refractivity contribution in [3.8, 4) is 12.3 Å². The smallest absolute Gasteiger partial charge is 0.164 e. The minimum absolute atomic E-state index is 0.397. The molecule has 0 amide bonds. The van der Waals surface area contributed by atoms with Crippen LogP contribution in [-0.4, -0.2) is 49.8 Å². The van der Waals surface area contributed by atoms with Crippen LogP contribution in [0, 0.1) is 12.3 Å². The summed E-state index contributed by atoms with van der Waals surface area (Å²) in [5.74, 6) is 2.52. The van der Waals surface area contributed by atoms with E-state index in [0.29, 0.717) is 22.3 Å². The second-order valence-corrected chi connectivity index (χ2v) is 4.92. The topological polar surface area (TPSA) is 114 Å². The van der Waals surface area contributed by atoms with Gasteiger partial charge >= 0.3 is 0 Å². The molecule has 0 unspecified atom stereocenters. The highest BCUT2D eigenvalue weighted by Crippen LogP contribution is 2.34. The third kappa shape index (κ3) is 1.97. The molecule has 0 radical (unpaired) electrons. The fourth-order valence-corrected chi connectivity index (χ4v) is 2.61. The Morgan fingerprint density at radius 1 is 1.43 bits per heavy atom. The first kappa shape index (κ1) is 13.9. The summed E-state index contributed by atoms with van der Waals surface area (Å²) in [6.07, 6.45) is 4.44. The minimum Gasteiger partial charge on any atom is -0.398 e. The molecule has 0 aromatic carbocycles. The van der Waals surface area contributed by atoms with Crippen molar-refractivity contribution < 1.29 is 20.1 Å². The lowest BCUT2D eigenvalue weighted by molar-refractivity contribution is -0.0508. The van der Waals surface area contributed by atoms with Gasteiger partial charge in [-0.3, -0.25) is 0 Å². The van der Waals surface area contributed by atoms with Crippen LogP contribution < -0.4 is 5.73 Å². The Kier molecular flexibility index (Phi) is 3.31. The van der Waals surface area contributed by atoms with Crippen LogP contribution >= 0.6 is 0 Å². The van der Waals surface area contributed by atoms with Gasteiger partial charge in [0.2, 0.25) is 0 Å². The molecule has 1 saturated heterocycles. The van der Waals surface area contributed by atoms with Crippen LogP contribution in [0.2, 0.25) is 0 Å². The summed E-state index contributed by atoms with van der Waals surface area (Å²) in [5.41, 5.74) is 7.37. The van der Waals surface area contributed by atoms with Crippen molar-refractivity contribution in [2.75, 3.05) is 12.3 Å². The molecule has 1 fully saturated rings. The summed E-state index contributed by atoms with van der Waals surface area (Å²) in [6, 6.07) is 1.63. The van der Waals surface area contributed by atoms with E-state index in [0.717, 1.165) is 0 Å². The van der Waals surface area contributed by atoms with E-state index in [-0.39, 0.29) is 0 Å². The van der Waals surface area contributed by atoms with Gasteiger partial charge in [0, 0.05) is 18.1 Å². The molecule has 0 bridgehead atoms. The van der Waals surface area contributed by atoms with Gasteiger partial charge < -0.3 is 30.4 Å². The number of anilines is 1. The van der Waals surface area contributed by atoms with Crippen molar-refractivity contribution in [3.05, 3.63) is 24.0 Å². The average Bonchev–Trinajstić information content (AvgIpc) is 2.99. The molecule has 2 aromatic heterocycles. The number of hydrogen-bond donors (Lipinski definition) is 4. The second-order valence-electron chi connectivity index (χ2n) is 4.92. The number of aliphatic hydroxyl groups excluding tert-OH is 3. The van der Waals surface area contributed by atoms with Crippen molar-refractivity contribution in [2.24, 2.45) is 0 Å². The van der Waals surface area contributed by atoms with E-state index < -0.39 is 31.1 Å². The van der Waals surface area contributed by atoms with Crippen LogP contribution in [0.3, 0.4) is 0 Å². The second kappa shape index (κ2) is 5.02. The molecule has 0 saturated carbocycles. The van der Waals surface area contributed by atoms with Crippen LogP contribution in [-0.2, 0) is 4.74 Å². The number of ether oxygens (including phenoxy) is 1. The van der Waals surface area contributed by atoms with Gasteiger partial charge in [-0.15, -0.1) is 6.42 Å². The van der Waals surface area contributed by atoms with Crippen LogP contribution in [0.1, 0.15) is 11.8 Å². The van der Waals surface area contributed by atoms with Crippen LogP contribution in [0.5, 0.6) is 0 Å². The monoisotopic (exact) mass is 289 g/mol. The minimum atomic E-state index is -1.20. The number of hydrogen-bond acceptors (Lipinski definition) is 6. The van der Waals surface area contributed by atoms with Crippen LogP contribution in [0.15, 0.2) is 18.5 Å². The lowest BCUT2D eigenvalue weighted by atomic mass is 10.1. The highest BCUT2D eigenvalue weighted by molar-refractivity contribution is 5.94. The van der Waals surface area contributed by atoms with Gasteiger partial charge in [-0.2, -0.15) is 0 Å². The zero-order valence-electron chi connectivity index (χ0n) is 11.0. The summed E-state index contributed by atoms with van der Waals surface area (Å²) in [5, 5.41) is 29.7. The lowest BCUT2D eigenvalue weighted by Gasteiger charge is -2.17. The predicted octanol–water partition coefficient (Wildman–Crippen LogP) is -0.789. The van der Waals surface area contributed by atoms with Gasteiger partial charge in [-0.1, -0.05) is 5.92 Å². The van der Waals surface area contributed by atoms with E-state index in [1.807, 2.05) is 0 Å². The molecule has 3 rings (SSSR count). The number of nitrogens with zero attached hydrogens (tertiary/aromatic N) is 2. The van der Waals surface area contributed by atoms with E-state index >= 15 is 0 Å². The number of pyridine rings is 1. The number of terminal acetylenes is 1. The van der Waals surface area contributed by atoms with Crippen molar-refractivity contribution in [3.63, 3.8) is 0 Å². The van der Waals surface area contributed by atoms with Gasteiger partial charge in [0.25, 0.3) is 0 Å². The fourth-order valence-electron chi connectivity index (χ4n) is 2.61. The first-order valence-electron chi connectivity index (χ1n) is 6.42. The number of aromatic nitrogens is 2. The Bertz CT molecular complexity index is 721. The standard InChI is InChI=1S/C14H15N3O4/c1-2-7-5-17(13-10(7)8(15)3-4-16-13)14-12(20)11(19)9(6-18)21-14/h1,3-5,9,11-12,14,18-20H,6H2,(H2,15,16)/t9-,11-,12-,14-/m1/s1. The molecule has 2 aromatic rings. The Hall–Kier alpha value is -2.11. The molecule has 4 atom stereocenters. The average molecular weight is 289 g/mol. The Labute approximate surface area is 120 Å². The van der Waals surface area contributed by atoms with E-state index in [2.05, 4.69) is 10.9 Å². The molecule has 21 heavy (non-hydrogen) atoms. The Morgan fingerprint density at radius 2 is 2.19 bits per heavy atom. The zero-order chi connectivity index (χ0) is 15.1. The largest absolute Gasteiger partial charge is 0.398 e. The lowest BCUT2D eigenvalue weighted by Crippen LogP contribution is -2.33. The molecule has 1 aliphatic rings. The van der Waals surface area contributed by atoms with E-state index in [1.165, 1.54) is 10.8 Å². The summed E-state index contributed by atoms with van der Waals surface area (Å²) in [6.45, 7) is -0.397. The molecule has 0 aliphatic carbocycles. The highest BCUT2D eigenvalue weighted by Gasteiger charge is 2.44. The summed E-state index contributed by atoms with van der Waals surface area (Å²) < 4.78 is 7.02. The maximum absolute atomic E-state index is 10.1. The van der Waals surface area contributed by atoms with E-state index in [9.17, 15) is 10.2 Å². The molecule has 7 nitrogen and oxygen atoms in total. The molecular weight excluding hydrogens is 274 g/mol. The molecule has 7 heteroatoms. The molecule has 3 heterocycles. The SMILES string of the molecule is C#Cc1cn([C@@H]2O[C@H](CO)[C@@H](O)[C@H]2O)c2nccc(N)c12. The Morgan fingerprint density at radius 3 is 2.81 bits per heavy atom. The zero-order valence-corrected chi connectivity index (χ0v) is 11.0. The third-order valence-corrected chi connectivity index (χ3v) is 3.69. The van der Waals surface area contributed by atoms with Crippen LogP contribution in [0.4, 0.5) is 5.69 Å². The molecule has 1 aliphatic heterocycles. The van der Waals surface area contributed by atoms with Crippen molar-refractivity contribution in [1.29, 1.82) is 0 Å². The first-order chi connectivity index (χ1) is 10.1. The Balaban J connectivity index is 2.14. The number of nitrogens with two attached hydrogens (primary N) is 1. The molecule has 110 valence electrons.